The van der Waals surface area contributed by atoms with Crippen LogP contribution in [0.2, 0.25) is 0 Å². The monoisotopic (exact) mass is 440 g/mol. The normalized spacial score (nSPS) is 11.1. The molecule has 0 atom stereocenters. The van der Waals surface area contributed by atoms with Crippen LogP contribution in [-0.2, 0) is 0 Å². The van der Waals surface area contributed by atoms with Crippen LogP contribution in [0.1, 0.15) is 50.8 Å². The van der Waals surface area contributed by atoms with Crippen molar-refractivity contribution in [2.75, 3.05) is 0 Å². The fourth-order valence-corrected chi connectivity index (χ4v) is 4.96. The highest BCUT2D eigenvalue weighted by molar-refractivity contribution is 5.58. The minimum absolute atomic E-state index is 0.0618. The highest BCUT2D eigenvalue weighted by Gasteiger charge is 2.26. The van der Waals surface area contributed by atoms with Crippen LogP contribution in [0.5, 0.6) is 5.75 Å². The first-order valence-corrected chi connectivity index (χ1v) is 11.8. The Bertz CT molecular complexity index is 1160. The molecule has 5 aromatic carbocycles. The number of aryl methyl sites for hydroxylation is 1. The number of phenols is 1. The van der Waals surface area contributed by atoms with Gasteiger partial charge in [-0.15, -0.1) is 0 Å². The first kappa shape index (κ1) is 21.7. The lowest BCUT2D eigenvalue weighted by atomic mass is 9.79. The van der Waals surface area contributed by atoms with Crippen molar-refractivity contribution in [1.29, 1.82) is 0 Å². The number of benzene rings is 5. The predicted molar refractivity (Wildman–Crippen MR) is 141 cm³/mol. The van der Waals surface area contributed by atoms with Gasteiger partial charge in [-0.1, -0.05) is 139 Å². The molecule has 0 unspecified atom stereocenters. The van der Waals surface area contributed by atoms with Gasteiger partial charge in [-0.05, 0) is 29.2 Å². The van der Waals surface area contributed by atoms with E-state index in [1.54, 1.807) is 0 Å². The minimum atomic E-state index is -0.0618. The molecule has 0 aromatic heterocycles. The van der Waals surface area contributed by atoms with E-state index in [0.29, 0.717) is 5.75 Å². The molecule has 0 aliphatic heterocycles. The first-order valence-electron chi connectivity index (χ1n) is 11.8. The number of phenolic OH excluding ortho intramolecular Hbond substituents is 1. The highest BCUT2D eigenvalue weighted by atomic mass is 16.3. The zero-order valence-corrected chi connectivity index (χ0v) is 19.3. The van der Waals surface area contributed by atoms with Crippen LogP contribution in [0, 0.1) is 6.92 Å². The van der Waals surface area contributed by atoms with E-state index in [1.165, 1.54) is 0 Å². The molecule has 0 radical (unpaired) electrons. The fourth-order valence-electron chi connectivity index (χ4n) is 4.96. The van der Waals surface area contributed by atoms with Gasteiger partial charge in [-0.25, -0.2) is 0 Å². The Morgan fingerprint density at radius 1 is 0.441 bits per heavy atom. The van der Waals surface area contributed by atoms with E-state index in [0.717, 1.165) is 38.9 Å². The van der Waals surface area contributed by atoms with Crippen molar-refractivity contribution in [3.63, 3.8) is 0 Å². The fraction of sp³-hybridized carbons (Fsp3) is 0.0909. The van der Waals surface area contributed by atoms with Crippen LogP contribution in [0.25, 0.3) is 0 Å². The van der Waals surface area contributed by atoms with Crippen molar-refractivity contribution in [3.8, 4) is 5.75 Å². The third kappa shape index (κ3) is 4.38. The van der Waals surface area contributed by atoms with E-state index < -0.39 is 0 Å². The smallest absolute Gasteiger partial charge is 0.123 e. The standard InChI is InChI=1S/C33H28O/c1-24-22-29(31(25-14-6-2-7-15-25)26-16-8-3-9-17-26)33(34)30(23-24)32(27-18-10-4-11-19-27)28-20-12-5-13-21-28/h2-23,31-32,34H,1H3. The summed E-state index contributed by atoms with van der Waals surface area (Å²) in [5.74, 6) is 0.238. The molecule has 166 valence electrons. The topological polar surface area (TPSA) is 20.2 Å². The Morgan fingerprint density at radius 3 is 0.971 bits per heavy atom. The second kappa shape index (κ2) is 9.80. The second-order valence-corrected chi connectivity index (χ2v) is 8.80. The average Bonchev–Trinajstić information content (AvgIpc) is 2.89. The summed E-state index contributed by atoms with van der Waals surface area (Å²) >= 11 is 0. The molecule has 0 spiro atoms. The summed E-state index contributed by atoms with van der Waals surface area (Å²) in [5.41, 5.74) is 7.66. The molecule has 0 amide bonds. The van der Waals surface area contributed by atoms with E-state index in [1.807, 2.05) is 24.3 Å². The molecule has 5 aromatic rings. The molecular formula is C33H28O. The van der Waals surface area contributed by atoms with Gasteiger partial charge < -0.3 is 5.11 Å². The first-order chi connectivity index (χ1) is 16.7. The molecule has 1 nitrogen and oxygen atoms in total. The molecule has 5 rings (SSSR count). The Morgan fingerprint density at radius 2 is 0.706 bits per heavy atom. The van der Waals surface area contributed by atoms with Crippen LogP contribution >= 0.6 is 0 Å². The van der Waals surface area contributed by atoms with Crippen LogP contribution in [0.4, 0.5) is 0 Å². The Labute approximate surface area is 202 Å². The molecule has 0 heterocycles. The molecule has 1 N–H and O–H groups in total. The summed E-state index contributed by atoms with van der Waals surface area (Å²) in [6, 6.07) is 46.1. The molecule has 0 aliphatic carbocycles. The molecule has 0 bridgehead atoms. The molecular weight excluding hydrogens is 412 g/mol. The zero-order chi connectivity index (χ0) is 23.3. The van der Waals surface area contributed by atoms with E-state index >= 15 is 0 Å². The van der Waals surface area contributed by atoms with Crippen LogP contribution in [0.15, 0.2) is 133 Å². The van der Waals surface area contributed by atoms with Gasteiger partial charge in [-0.2, -0.15) is 0 Å². The van der Waals surface area contributed by atoms with Crippen molar-refractivity contribution in [3.05, 3.63) is 172 Å². The van der Waals surface area contributed by atoms with Crippen LogP contribution in [0.3, 0.4) is 0 Å². The highest BCUT2D eigenvalue weighted by Crippen LogP contribution is 2.44. The molecule has 1 heteroatoms. The van der Waals surface area contributed by atoms with Gasteiger partial charge in [0.2, 0.25) is 0 Å². The lowest BCUT2D eigenvalue weighted by Crippen LogP contribution is -2.09. The Hall–Kier alpha value is -4.10. The molecule has 0 saturated carbocycles. The lowest BCUT2D eigenvalue weighted by molar-refractivity contribution is 0.459. The van der Waals surface area contributed by atoms with E-state index in [9.17, 15) is 5.11 Å². The van der Waals surface area contributed by atoms with Crippen molar-refractivity contribution >= 4 is 0 Å². The summed E-state index contributed by atoms with van der Waals surface area (Å²) in [6.07, 6.45) is 0. The summed E-state index contributed by atoms with van der Waals surface area (Å²) < 4.78 is 0. The van der Waals surface area contributed by atoms with Gasteiger partial charge in [0.1, 0.15) is 5.75 Å². The average molecular weight is 441 g/mol. The number of hydrogen-bond donors (Lipinski definition) is 1. The van der Waals surface area contributed by atoms with E-state index in [-0.39, 0.29) is 11.8 Å². The largest absolute Gasteiger partial charge is 0.507 e. The maximum absolute atomic E-state index is 11.9. The van der Waals surface area contributed by atoms with Crippen molar-refractivity contribution in [2.45, 2.75) is 18.8 Å². The molecule has 0 aliphatic rings. The SMILES string of the molecule is Cc1cc(C(c2ccccc2)c2ccccc2)c(O)c(C(c2ccccc2)c2ccccc2)c1. The van der Waals surface area contributed by atoms with Gasteiger partial charge in [0.25, 0.3) is 0 Å². The Balaban J connectivity index is 1.75. The van der Waals surface area contributed by atoms with Crippen molar-refractivity contribution in [2.24, 2.45) is 0 Å². The summed E-state index contributed by atoms with van der Waals surface area (Å²) in [6.45, 7) is 2.12. The van der Waals surface area contributed by atoms with Gasteiger partial charge in [0, 0.05) is 23.0 Å². The summed E-state index contributed by atoms with van der Waals surface area (Å²) in [7, 11) is 0. The van der Waals surface area contributed by atoms with Crippen LogP contribution < -0.4 is 0 Å². The maximum Gasteiger partial charge on any atom is 0.123 e. The zero-order valence-electron chi connectivity index (χ0n) is 19.3. The van der Waals surface area contributed by atoms with E-state index in [4.69, 9.17) is 0 Å². The quantitative estimate of drug-likeness (QED) is 0.265. The van der Waals surface area contributed by atoms with E-state index in [2.05, 4.69) is 116 Å². The molecule has 0 fully saturated rings. The lowest BCUT2D eigenvalue weighted by Gasteiger charge is -2.26. The van der Waals surface area contributed by atoms with Crippen LogP contribution in [-0.4, -0.2) is 5.11 Å². The third-order valence-electron chi connectivity index (χ3n) is 6.47. The number of hydrogen-bond acceptors (Lipinski definition) is 1. The van der Waals surface area contributed by atoms with Gasteiger partial charge in [-0.3, -0.25) is 0 Å². The molecule has 34 heavy (non-hydrogen) atoms. The minimum Gasteiger partial charge on any atom is -0.507 e. The number of aromatic hydroxyl groups is 1. The van der Waals surface area contributed by atoms with Gasteiger partial charge in [0.05, 0.1) is 0 Å². The third-order valence-corrected chi connectivity index (χ3v) is 6.47. The summed E-state index contributed by atoms with van der Waals surface area (Å²) in [5, 5.41) is 11.9. The second-order valence-electron chi connectivity index (χ2n) is 8.80. The van der Waals surface area contributed by atoms with Gasteiger partial charge >= 0.3 is 0 Å². The van der Waals surface area contributed by atoms with Crippen molar-refractivity contribution < 1.29 is 5.11 Å². The molecule has 0 saturated heterocycles. The Kier molecular flexibility index (Phi) is 6.27. The number of rotatable bonds is 6. The van der Waals surface area contributed by atoms with Gasteiger partial charge in [0.15, 0.2) is 0 Å². The summed E-state index contributed by atoms with van der Waals surface area (Å²) in [4.78, 5) is 0. The maximum atomic E-state index is 11.9. The predicted octanol–water partition coefficient (Wildman–Crippen LogP) is 8.06. The van der Waals surface area contributed by atoms with Crippen molar-refractivity contribution in [1.82, 2.24) is 0 Å².